The second kappa shape index (κ2) is 5.94. The van der Waals surface area contributed by atoms with Gasteiger partial charge in [-0.3, -0.25) is 0 Å². The number of allylic oxidation sites excluding steroid dienone is 1. The Morgan fingerprint density at radius 1 is 1.07 bits per heavy atom. The first-order chi connectivity index (χ1) is 6.84. The van der Waals surface area contributed by atoms with E-state index >= 15 is 0 Å². The Labute approximate surface area is 97.8 Å². The normalized spacial score (nSPS) is 20.6. The van der Waals surface area contributed by atoms with E-state index in [0.29, 0.717) is 6.04 Å². The second-order valence-electron chi connectivity index (χ2n) is 4.05. The van der Waals surface area contributed by atoms with Crippen LogP contribution in [-0.4, -0.2) is 6.04 Å². The van der Waals surface area contributed by atoms with Gasteiger partial charge in [-0.05, 0) is 31.2 Å². The molecule has 2 heteroatoms. The number of nitrogens with two attached hydrogens (primary N) is 1. The zero-order valence-corrected chi connectivity index (χ0v) is 9.67. The lowest BCUT2D eigenvalue weighted by Crippen LogP contribution is -2.23. The first kappa shape index (κ1) is 12.3. The Morgan fingerprint density at radius 3 is 2.27 bits per heavy atom. The third-order valence-electron chi connectivity index (χ3n) is 2.84. The predicted molar refractivity (Wildman–Crippen MR) is 68.1 cm³/mol. The van der Waals surface area contributed by atoms with Crippen molar-refractivity contribution in [3.8, 4) is 0 Å². The highest BCUT2D eigenvalue weighted by atomic mass is 35.5. The zero-order chi connectivity index (χ0) is 9.80. The molecular weight excluding hydrogens is 206 g/mol. The SMILES string of the molecule is Cl.NC1CCC(=Cc2ccccc2)CC1. The molecular formula is C13H18ClN. The molecule has 82 valence electrons. The minimum atomic E-state index is 0. The molecule has 1 aromatic carbocycles. The highest BCUT2D eigenvalue weighted by Crippen LogP contribution is 2.24. The van der Waals surface area contributed by atoms with Crippen LogP contribution in [0, 0.1) is 0 Å². The van der Waals surface area contributed by atoms with Crippen LogP contribution in [0.3, 0.4) is 0 Å². The predicted octanol–water partition coefficient (Wildman–Crippen LogP) is 3.39. The van der Waals surface area contributed by atoms with E-state index in [2.05, 4.69) is 36.4 Å². The average Bonchev–Trinajstić information content (AvgIpc) is 2.23. The van der Waals surface area contributed by atoms with Gasteiger partial charge in [0.1, 0.15) is 0 Å². The zero-order valence-electron chi connectivity index (χ0n) is 8.86. The molecule has 1 saturated carbocycles. The van der Waals surface area contributed by atoms with Crippen molar-refractivity contribution in [3.63, 3.8) is 0 Å². The van der Waals surface area contributed by atoms with Crippen LogP contribution in [0.2, 0.25) is 0 Å². The molecule has 2 N–H and O–H groups in total. The quantitative estimate of drug-likeness (QED) is 0.776. The van der Waals surface area contributed by atoms with Gasteiger partial charge in [0.2, 0.25) is 0 Å². The molecule has 0 spiro atoms. The highest BCUT2D eigenvalue weighted by Gasteiger charge is 2.11. The summed E-state index contributed by atoms with van der Waals surface area (Å²) in [5.74, 6) is 0. The number of benzene rings is 1. The van der Waals surface area contributed by atoms with Crippen LogP contribution in [-0.2, 0) is 0 Å². The molecule has 1 aliphatic carbocycles. The molecule has 1 nitrogen and oxygen atoms in total. The van der Waals surface area contributed by atoms with E-state index < -0.39 is 0 Å². The van der Waals surface area contributed by atoms with Gasteiger partial charge in [0, 0.05) is 6.04 Å². The van der Waals surface area contributed by atoms with Crippen molar-refractivity contribution in [2.24, 2.45) is 5.73 Å². The number of rotatable bonds is 1. The van der Waals surface area contributed by atoms with Crippen molar-refractivity contribution in [2.75, 3.05) is 0 Å². The maximum Gasteiger partial charge on any atom is 0.00449 e. The van der Waals surface area contributed by atoms with Crippen molar-refractivity contribution in [1.29, 1.82) is 0 Å². The summed E-state index contributed by atoms with van der Waals surface area (Å²) in [4.78, 5) is 0. The molecule has 0 bridgehead atoms. The number of hydrogen-bond donors (Lipinski definition) is 1. The summed E-state index contributed by atoms with van der Waals surface area (Å²) < 4.78 is 0. The molecule has 0 aliphatic heterocycles. The Hall–Kier alpha value is -0.790. The maximum atomic E-state index is 5.86. The van der Waals surface area contributed by atoms with E-state index in [1.54, 1.807) is 5.57 Å². The Kier molecular flexibility index (Phi) is 4.86. The summed E-state index contributed by atoms with van der Waals surface area (Å²) in [6.07, 6.45) is 6.97. The Bertz CT molecular complexity index is 309. The third-order valence-corrected chi connectivity index (χ3v) is 2.84. The van der Waals surface area contributed by atoms with E-state index in [1.807, 2.05) is 0 Å². The van der Waals surface area contributed by atoms with Crippen LogP contribution in [0.5, 0.6) is 0 Å². The second-order valence-corrected chi connectivity index (χ2v) is 4.05. The van der Waals surface area contributed by atoms with Gasteiger partial charge in [-0.25, -0.2) is 0 Å². The van der Waals surface area contributed by atoms with Crippen molar-refractivity contribution in [2.45, 2.75) is 31.7 Å². The monoisotopic (exact) mass is 223 g/mol. The Balaban J connectivity index is 0.00000112. The summed E-state index contributed by atoms with van der Waals surface area (Å²) >= 11 is 0. The lowest BCUT2D eigenvalue weighted by Gasteiger charge is -2.20. The van der Waals surface area contributed by atoms with Crippen LogP contribution in [0.4, 0.5) is 0 Å². The largest absolute Gasteiger partial charge is 0.328 e. The van der Waals surface area contributed by atoms with Crippen molar-refractivity contribution in [3.05, 3.63) is 41.5 Å². The summed E-state index contributed by atoms with van der Waals surface area (Å²) in [6, 6.07) is 11.0. The smallest absolute Gasteiger partial charge is 0.00449 e. The van der Waals surface area contributed by atoms with Gasteiger partial charge in [-0.15, -0.1) is 12.4 Å². The van der Waals surface area contributed by atoms with Gasteiger partial charge in [0.05, 0.1) is 0 Å². The molecule has 15 heavy (non-hydrogen) atoms. The fraction of sp³-hybridized carbons (Fsp3) is 0.385. The first-order valence-electron chi connectivity index (χ1n) is 5.34. The summed E-state index contributed by atoms with van der Waals surface area (Å²) in [6.45, 7) is 0. The molecule has 0 atom stereocenters. The molecule has 1 aliphatic rings. The molecule has 0 heterocycles. The molecule has 2 rings (SSSR count). The van der Waals surface area contributed by atoms with Crippen molar-refractivity contribution < 1.29 is 0 Å². The van der Waals surface area contributed by atoms with E-state index in [1.165, 1.54) is 18.4 Å². The van der Waals surface area contributed by atoms with Crippen molar-refractivity contribution in [1.82, 2.24) is 0 Å². The molecule has 1 aromatic rings. The third kappa shape index (κ3) is 3.69. The van der Waals surface area contributed by atoms with Crippen molar-refractivity contribution >= 4 is 18.5 Å². The fourth-order valence-corrected chi connectivity index (χ4v) is 1.94. The van der Waals surface area contributed by atoms with Gasteiger partial charge in [0.25, 0.3) is 0 Å². The average molecular weight is 224 g/mol. The molecule has 0 saturated heterocycles. The van der Waals surface area contributed by atoms with Gasteiger partial charge < -0.3 is 5.73 Å². The first-order valence-corrected chi connectivity index (χ1v) is 5.34. The van der Waals surface area contributed by atoms with E-state index in [9.17, 15) is 0 Å². The van der Waals surface area contributed by atoms with Gasteiger partial charge in [0.15, 0.2) is 0 Å². The molecule has 0 aromatic heterocycles. The van der Waals surface area contributed by atoms with Crippen LogP contribution in [0.1, 0.15) is 31.2 Å². The minimum Gasteiger partial charge on any atom is -0.328 e. The minimum absolute atomic E-state index is 0. The van der Waals surface area contributed by atoms with Crippen LogP contribution < -0.4 is 5.73 Å². The van der Waals surface area contributed by atoms with Gasteiger partial charge >= 0.3 is 0 Å². The van der Waals surface area contributed by atoms with Crippen LogP contribution in [0.15, 0.2) is 35.9 Å². The van der Waals surface area contributed by atoms with Crippen LogP contribution >= 0.6 is 12.4 Å². The lowest BCUT2D eigenvalue weighted by atomic mass is 9.90. The highest BCUT2D eigenvalue weighted by molar-refractivity contribution is 5.85. The van der Waals surface area contributed by atoms with Crippen LogP contribution in [0.25, 0.3) is 6.08 Å². The standard InChI is InChI=1S/C13H17N.ClH/c14-13-8-6-12(7-9-13)10-11-4-2-1-3-5-11;/h1-5,10,13H,6-9,14H2;1H. The van der Waals surface area contributed by atoms with E-state index in [-0.39, 0.29) is 12.4 Å². The summed E-state index contributed by atoms with van der Waals surface area (Å²) in [5, 5.41) is 0. The van der Waals surface area contributed by atoms with E-state index in [0.717, 1.165) is 12.8 Å². The lowest BCUT2D eigenvalue weighted by molar-refractivity contribution is 0.514. The van der Waals surface area contributed by atoms with E-state index in [4.69, 9.17) is 5.73 Å². The van der Waals surface area contributed by atoms with Gasteiger partial charge in [-0.1, -0.05) is 42.0 Å². The molecule has 1 fully saturated rings. The Morgan fingerprint density at radius 2 is 1.67 bits per heavy atom. The van der Waals surface area contributed by atoms with Gasteiger partial charge in [-0.2, -0.15) is 0 Å². The summed E-state index contributed by atoms with van der Waals surface area (Å²) in [5.41, 5.74) is 8.73. The molecule has 0 radical (unpaired) electrons. The number of hydrogen-bond acceptors (Lipinski definition) is 1. The topological polar surface area (TPSA) is 26.0 Å². The fourth-order valence-electron chi connectivity index (χ4n) is 1.94. The maximum absolute atomic E-state index is 5.86. The molecule has 0 amide bonds. The summed E-state index contributed by atoms with van der Waals surface area (Å²) in [7, 11) is 0. The number of halogens is 1. The molecule has 0 unspecified atom stereocenters.